The molecule has 2 aromatic carbocycles. The molecule has 0 unspecified atom stereocenters. The second-order valence-corrected chi connectivity index (χ2v) is 8.35. The highest BCUT2D eigenvalue weighted by Gasteiger charge is 2.21. The molecule has 0 atom stereocenters. The molecule has 2 heterocycles. The van der Waals surface area contributed by atoms with Crippen molar-refractivity contribution >= 4 is 48.5 Å². The molecule has 0 radical (unpaired) electrons. The molecule has 0 spiro atoms. The highest BCUT2D eigenvalue weighted by molar-refractivity contribution is 9.10. The fourth-order valence-electron chi connectivity index (χ4n) is 2.96. The fourth-order valence-corrected chi connectivity index (χ4v) is 4.50. The van der Waals surface area contributed by atoms with Gasteiger partial charge in [-0.3, -0.25) is 9.69 Å². The average molecular weight is 471 g/mol. The van der Waals surface area contributed by atoms with Gasteiger partial charge in [-0.2, -0.15) is 0 Å². The van der Waals surface area contributed by atoms with Crippen LogP contribution in [0.4, 0.5) is 5.13 Å². The van der Waals surface area contributed by atoms with Crippen LogP contribution < -0.4 is 9.64 Å². The molecule has 1 amide bonds. The van der Waals surface area contributed by atoms with Crippen LogP contribution in [0, 0.1) is 0 Å². The summed E-state index contributed by atoms with van der Waals surface area (Å²) in [6.07, 6.45) is 1.88. The van der Waals surface area contributed by atoms with Crippen LogP contribution in [0.15, 0.2) is 69.8 Å². The van der Waals surface area contributed by atoms with Gasteiger partial charge in [0.25, 0.3) is 0 Å². The number of hydrogen-bond acceptors (Lipinski definition) is 5. The molecule has 2 aromatic heterocycles. The summed E-state index contributed by atoms with van der Waals surface area (Å²) in [6, 6.07) is 17.2. The third kappa shape index (κ3) is 4.68. The summed E-state index contributed by atoms with van der Waals surface area (Å²) in [5.74, 6) is 1.47. The molecule has 0 aliphatic rings. The Labute approximate surface area is 181 Å². The van der Waals surface area contributed by atoms with E-state index in [0.29, 0.717) is 24.0 Å². The molecule has 0 fully saturated rings. The summed E-state index contributed by atoms with van der Waals surface area (Å²) < 4.78 is 13.0. The van der Waals surface area contributed by atoms with Crippen LogP contribution in [0.2, 0.25) is 0 Å². The number of fused-ring (bicyclic) bond motifs is 1. The summed E-state index contributed by atoms with van der Waals surface area (Å²) >= 11 is 4.98. The summed E-state index contributed by atoms with van der Waals surface area (Å²) in [5.41, 5.74) is 1.79. The lowest BCUT2D eigenvalue weighted by atomic mass is 10.1. The van der Waals surface area contributed by atoms with Crippen molar-refractivity contribution < 1.29 is 13.9 Å². The van der Waals surface area contributed by atoms with Gasteiger partial charge in [0.05, 0.1) is 36.1 Å². The Kier molecular flexibility index (Phi) is 5.97. The molecule has 4 aromatic rings. The monoisotopic (exact) mass is 470 g/mol. The van der Waals surface area contributed by atoms with E-state index in [1.165, 1.54) is 11.3 Å². The molecular formula is C22H19BrN2O3S. The van der Waals surface area contributed by atoms with Crippen molar-refractivity contribution in [2.45, 2.75) is 19.9 Å². The Morgan fingerprint density at radius 2 is 2.03 bits per heavy atom. The normalized spacial score (nSPS) is 11.0. The van der Waals surface area contributed by atoms with Gasteiger partial charge in [0.2, 0.25) is 5.91 Å². The van der Waals surface area contributed by atoms with E-state index in [9.17, 15) is 4.79 Å². The van der Waals surface area contributed by atoms with E-state index in [2.05, 4.69) is 20.9 Å². The zero-order chi connectivity index (χ0) is 20.2. The SMILES string of the molecule is CCOc1ccc(CC(=O)N(Cc2ccco2)c2nc3ccc(Br)cc3s2)cc1. The molecule has 0 bridgehead atoms. The molecule has 5 nitrogen and oxygen atoms in total. The van der Waals surface area contributed by atoms with Gasteiger partial charge in [-0.05, 0) is 55.0 Å². The summed E-state index contributed by atoms with van der Waals surface area (Å²) in [6.45, 7) is 2.90. The number of benzene rings is 2. The van der Waals surface area contributed by atoms with Gasteiger partial charge < -0.3 is 9.15 Å². The number of carbonyl (C=O) groups excluding carboxylic acids is 1. The first-order chi connectivity index (χ1) is 14.1. The number of nitrogens with zero attached hydrogens (tertiary/aromatic N) is 2. The third-order valence-electron chi connectivity index (χ3n) is 4.35. The standard InChI is InChI=1S/C22H19BrN2O3S/c1-2-27-17-8-5-15(6-9-17)12-21(26)25(14-18-4-3-11-28-18)22-24-19-10-7-16(23)13-20(19)29-22/h3-11,13H,2,12,14H2,1H3. The molecule has 0 aliphatic heterocycles. The number of anilines is 1. The van der Waals surface area contributed by atoms with E-state index in [4.69, 9.17) is 9.15 Å². The highest BCUT2D eigenvalue weighted by atomic mass is 79.9. The fraction of sp³-hybridized carbons (Fsp3) is 0.182. The second kappa shape index (κ2) is 8.80. The van der Waals surface area contributed by atoms with Crippen LogP contribution in [0.1, 0.15) is 18.2 Å². The van der Waals surface area contributed by atoms with E-state index in [0.717, 1.165) is 26.0 Å². The van der Waals surface area contributed by atoms with Gasteiger partial charge in [-0.25, -0.2) is 4.98 Å². The Bertz CT molecular complexity index is 1110. The van der Waals surface area contributed by atoms with Gasteiger partial charge >= 0.3 is 0 Å². The van der Waals surface area contributed by atoms with Gasteiger partial charge in [-0.1, -0.05) is 39.4 Å². The number of aromatic nitrogens is 1. The predicted molar refractivity (Wildman–Crippen MR) is 119 cm³/mol. The minimum atomic E-state index is -0.0383. The number of furan rings is 1. The van der Waals surface area contributed by atoms with E-state index < -0.39 is 0 Å². The molecular weight excluding hydrogens is 452 g/mol. The number of rotatable bonds is 7. The quantitative estimate of drug-likeness (QED) is 0.341. The molecule has 0 N–H and O–H groups in total. The van der Waals surface area contributed by atoms with E-state index in [-0.39, 0.29) is 12.3 Å². The number of ether oxygens (including phenoxy) is 1. The van der Waals surface area contributed by atoms with Crippen LogP contribution in [0.25, 0.3) is 10.2 Å². The lowest BCUT2D eigenvalue weighted by Crippen LogP contribution is -2.31. The molecule has 148 valence electrons. The minimum absolute atomic E-state index is 0.0383. The van der Waals surface area contributed by atoms with Crippen molar-refractivity contribution in [1.29, 1.82) is 0 Å². The Morgan fingerprint density at radius 3 is 2.76 bits per heavy atom. The van der Waals surface area contributed by atoms with Crippen LogP contribution in [-0.4, -0.2) is 17.5 Å². The van der Waals surface area contributed by atoms with Gasteiger partial charge in [0.1, 0.15) is 11.5 Å². The topological polar surface area (TPSA) is 55.6 Å². The van der Waals surface area contributed by atoms with E-state index in [1.807, 2.05) is 61.5 Å². The maximum Gasteiger partial charge on any atom is 0.233 e. The average Bonchev–Trinajstić information content (AvgIpc) is 3.36. The first kappa shape index (κ1) is 19.7. The first-order valence-electron chi connectivity index (χ1n) is 9.23. The number of thiazole rings is 1. The Balaban J connectivity index is 1.61. The molecule has 4 rings (SSSR count). The maximum absolute atomic E-state index is 13.2. The smallest absolute Gasteiger partial charge is 0.233 e. The van der Waals surface area contributed by atoms with E-state index in [1.54, 1.807) is 11.2 Å². The lowest BCUT2D eigenvalue weighted by Gasteiger charge is -2.19. The summed E-state index contributed by atoms with van der Waals surface area (Å²) in [7, 11) is 0. The Morgan fingerprint density at radius 1 is 1.21 bits per heavy atom. The molecule has 0 aliphatic carbocycles. The Hall–Kier alpha value is -2.64. The number of hydrogen-bond donors (Lipinski definition) is 0. The minimum Gasteiger partial charge on any atom is -0.494 e. The van der Waals surface area contributed by atoms with Crippen LogP contribution in [0.5, 0.6) is 5.75 Å². The predicted octanol–water partition coefficient (Wildman–Crippen LogP) is 5.83. The van der Waals surface area contributed by atoms with Gasteiger partial charge in [-0.15, -0.1) is 0 Å². The largest absolute Gasteiger partial charge is 0.494 e. The summed E-state index contributed by atoms with van der Waals surface area (Å²) in [4.78, 5) is 19.6. The van der Waals surface area contributed by atoms with Crippen molar-refractivity contribution in [2.24, 2.45) is 0 Å². The van der Waals surface area contributed by atoms with Gasteiger partial charge in [0, 0.05) is 4.47 Å². The van der Waals surface area contributed by atoms with Crippen molar-refractivity contribution in [3.8, 4) is 5.75 Å². The molecule has 0 saturated carbocycles. The zero-order valence-electron chi connectivity index (χ0n) is 15.8. The number of carbonyl (C=O) groups is 1. The van der Waals surface area contributed by atoms with Crippen molar-refractivity contribution in [2.75, 3.05) is 11.5 Å². The first-order valence-corrected chi connectivity index (χ1v) is 10.8. The van der Waals surface area contributed by atoms with Gasteiger partial charge in [0.15, 0.2) is 5.13 Å². The van der Waals surface area contributed by atoms with Crippen LogP contribution in [0.3, 0.4) is 0 Å². The van der Waals surface area contributed by atoms with Crippen molar-refractivity contribution in [3.63, 3.8) is 0 Å². The third-order valence-corrected chi connectivity index (χ3v) is 5.89. The number of amides is 1. The highest BCUT2D eigenvalue weighted by Crippen LogP contribution is 2.32. The van der Waals surface area contributed by atoms with Crippen molar-refractivity contribution in [1.82, 2.24) is 4.98 Å². The number of halogens is 1. The zero-order valence-corrected chi connectivity index (χ0v) is 18.2. The second-order valence-electron chi connectivity index (χ2n) is 6.42. The lowest BCUT2D eigenvalue weighted by molar-refractivity contribution is -0.118. The van der Waals surface area contributed by atoms with Crippen LogP contribution >= 0.6 is 27.3 Å². The summed E-state index contributed by atoms with van der Waals surface area (Å²) in [5, 5.41) is 0.658. The van der Waals surface area contributed by atoms with Crippen LogP contribution in [-0.2, 0) is 17.8 Å². The maximum atomic E-state index is 13.2. The molecule has 7 heteroatoms. The van der Waals surface area contributed by atoms with E-state index >= 15 is 0 Å². The van der Waals surface area contributed by atoms with Crippen molar-refractivity contribution in [3.05, 3.63) is 76.7 Å². The molecule has 29 heavy (non-hydrogen) atoms. The molecule has 0 saturated heterocycles.